The van der Waals surface area contributed by atoms with Crippen LogP contribution in [0.4, 0.5) is 11.4 Å². The number of nitrogens with zero attached hydrogens (tertiary/aromatic N) is 2. The molecule has 0 N–H and O–H groups in total. The smallest absolute Gasteiger partial charge is 0.0643 e. The number of aromatic nitrogens is 1. The molecular formula is C53H34N2S2. The molecule has 57 heavy (non-hydrogen) atoms. The van der Waals surface area contributed by atoms with Gasteiger partial charge in [0.05, 0.1) is 31.8 Å². The number of benzene rings is 7. The third-order valence-corrected chi connectivity index (χ3v) is 14.8. The molecular weight excluding hydrogens is 729 g/mol. The number of rotatable bonds is 5. The van der Waals surface area contributed by atoms with Crippen LogP contribution in [0.25, 0.3) is 79.5 Å². The Hall–Kier alpha value is -6.46. The van der Waals surface area contributed by atoms with Gasteiger partial charge in [-0.2, -0.15) is 0 Å². The van der Waals surface area contributed by atoms with Crippen LogP contribution < -0.4 is 4.90 Å². The van der Waals surface area contributed by atoms with Crippen molar-refractivity contribution in [2.45, 2.75) is 18.8 Å². The minimum Gasteiger partial charge on any atom is -0.311 e. The first kappa shape index (κ1) is 31.7. The summed E-state index contributed by atoms with van der Waals surface area (Å²) in [7, 11) is 0. The molecule has 0 fully saturated rings. The average Bonchev–Trinajstić information content (AvgIpc) is 3.65. The van der Waals surface area contributed by atoms with Gasteiger partial charge in [-0.15, -0.1) is 22.7 Å². The van der Waals surface area contributed by atoms with E-state index in [-0.39, 0.29) is 0 Å². The summed E-state index contributed by atoms with van der Waals surface area (Å²) in [5.74, 6) is 0.427. The van der Waals surface area contributed by atoms with E-state index < -0.39 is 0 Å². The lowest BCUT2D eigenvalue weighted by atomic mass is 9.90. The van der Waals surface area contributed by atoms with Gasteiger partial charge in [0.25, 0.3) is 0 Å². The van der Waals surface area contributed by atoms with Crippen molar-refractivity contribution in [3.05, 3.63) is 198 Å². The molecule has 0 radical (unpaired) electrons. The third kappa shape index (κ3) is 4.69. The van der Waals surface area contributed by atoms with Crippen LogP contribution in [-0.2, 0) is 0 Å². The topological polar surface area (TPSA) is 8.17 Å². The molecule has 0 saturated heterocycles. The van der Waals surface area contributed by atoms with Crippen molar-refractivity contribution in [1.82, 2.24) is 4.57 Å². The Labute approximate surface area is 337 Å². The molecule has 4 heteroatoms. The molecule has 3 aromatic heterocycles. The average molecular weight is 763 g/mol. The van der Waals surface area contributed by atoms with E-state index in [9.17, 15) is 0 Å². The number of para-hydroxylation sites is 2. The first-order valence-electron chi connectivity index (χ1n) is 19.8. The summed E-state index contributed by atoms with van der Waals surface area (Å²) < 4.78 is 7.81. The van der Waals surface area contributed by atoms with E-state index in [4.69, 9.17) is 0 Å². The van der Waals surface area contributed by atoms with Crippen molar-refractivity contribution in [3.63, 3.8) is 0 Å². The Balaban J connectivity index is 1.02. The number of fused-ring (bicyclic) bond motifs is 13. The quantitative estimate of drug-likeness (QED) is 0.170. The Morgan fingerprint density at radius 3 is 2.14 bits per heavy atom. The summed E-state index contributed by atoms with van der Waals surface area (Å²) in [4.78, 5) is 2.63. The van der Waals surface area contributed by atoms with Gasteiger partial charge in [-0.3, -0.25) is 0 Å². The van der Waals surface area contributed by atoms with Gasteiger partial charge in [0.1, 0.15) is 0 Å². The predicted molar refractivity (Wildman–Crippen MR) is 247 cm³/mol. The van der Waals surface area contributed by atoms with E-state index in [1.807, 2.05) is 22.7 Å². The second-order valence-electron chi connectivity index (χ2n) is 15.5. The molecule has 1 unspecified atom stereocenters. The maximum atomic E-state index is 2.63. The highest BCUT2D eigenvalue weighted by molar-refractivity contribution is 7.27. The molecule has 3 aliphatic carbocycles. The van der Waals surface area contributed by atoms with E-state index in [0.29, 0.717) is 5.92 Å². The van der Waals surface area contributed by atoms with Crippen molar-refractivity contribution < 1.29 is 0 Å². The first-order chi connectivity index (χ1) is 28.3. The molecule has 3 heterocycles. The molecule has 1 atom stereocenters. The minimum atomic E-state index is 0.427. The minimum absolute atomic E-state index is 0.427. The van der Waals surface area contributed by atoms with Gasteiger partial charge in [0.15, 0.2) is 0 Å². The molecule has 268 valence electrons. The first-order valence-corrected chi connectivity index (χ1v) is 21.5. The fraction of sp³-hybridized carbons (Fsp3) is 0.0566. The maximum absolute atomic E-state index is 2.63. The molecule has 0 bridgehead atoms. The molecule has 0 saturated carbocycles. The van der Waals surface area contributed by atoms with Crippen molar-refractivity contribution in [2.24, 2.45) is 0 Å². The van der Waals surface area contributed by atoms with Crippen LogP contribution in [0.15, 0.2) is 181 Å². The Bertz CT molecular complexity index is 3470. The predicted octanol–water partition coefficient (Wildman–Crippen LogP) is 15.5. The number of hydrogen-bond acceptors (Lipinski definition) is 3. The molecule has 10 aromatic rings. The van der Waals surface area contributed by atoms with Crippen LogP contribution in [0, 0.1) is 0 Å². The largest absolute Gasteiger partial charge is 0.311 e. The molecule has 0 aliphatic heterocycles. The van der Waals surface area contributed by atoms with Crippen molar-refractivity contribution in [1.29, 1.82) is 0 Å². The Morgan fingerprint density at radius 1 is 0.544 bits per heavy atom. The van der Waals surface area contributed by atoms with E-state index in [1.165, 1.54) is 113 Å². The fourth-order valence-corrected chi connectivity index (χ4v) is 12.2. The number of anilines is 2. The van der Waals surface area contributed by atoms with E-state index in [1.54, 1.807) is 0 Å². The highest BCUT2D eigenvalue weighted by Crippen LogP contribution is 2.55. The molecule has 13 rings (SSSR count). The van der Waals surface area contributed by atoms with Gasteiger partial charge in [0.2, 0.25) is 0 Å². The molecule has 0 amide bonds. The molecule has 0 spiro atoms. The molecule has 3 aliphatic rings. The van der Waals surface area contributed by atoms with Crippen LogP contribution in [0.3, 0.4) is 0 Å². The van der Waals surface area contributed by atoms with Crippen molar-refractivity contribution >= 4 is 108 Å². The Kier molecular flexibility index (Phi) is 6.69. The summed E-state index contributed by atoms with van der Waals surface area (Å²) >= 11 is 3.86. The third-order valence-electron chi connectivity index (χ3n) is 12.4. The van der Waals surface area contributed by atoms with Gasteiger partial charge in [-0.05, 0) is 95.3 Å². The normalized spacial score (nSPS) is 16.0. The van der Waals surface area contributed by atoms with Gasteiger partial charge in [-0.25, -0.2) is 0 Å². The standard InChI is InChI=1S/C53H34N2S2/c1-2-11-36(12-3-1)54-44-17-7-4-13-38(44)39-28-25-33(30-46(39)54)32-23-26-37(27-24-32)55(45-18-10-16-41-40-14-5-8-19-48(40)56-52(41)45)47-31-35-22-21-34-29-43(34)50(35)51-42-15-6-9-20-49(42)57-53(47)51/h1-23,25-26,28-31,43H,24,27H2. The maximum Gasteiger partial charge on any atom is 0.0643 e. The monoisotopic (exact) mass is 762 g/mol. The summed E-state index contributed by atoms with van der Waals surface area (Å²) in [6, 6.07) is 54.0. The van der Waals surface area contributed by atoms with E-state index in [2.05, 4.69) is 185 Å². The zero-order valence-corrected chi connectivity index (χ0v) is 32.6. The van der Waals surface area contributed by atoms with E-state index in [0.717, 1.165) is 12.8 Å². The lowest BCUT2D eigenvalue weighted by Crippen LogP contribution is -2.18. The zero-order chi connectivity index (χ0) is 37.2. The molecule has 2 nitrogen and oxygen atoms in total. The number of thiophene rings is 2. The van der Waals surface area contributed by atoms with Gasteiger partial charge < -0.3 is 9.47 Å². The highest BCUT2D eigenvalue weighted by Gasteiger charge is 2.34. The lowest BCUT2D eigenvalue weighted by molar-refractivity contribution is 0.934. The number of allylic oxidation sites excluding steroid dienone is 7. The van der Waals surface area contributed by atoms with Crippen LogP contribution in [0.5, 0.6) is 0 Å². The van der Waals surface area contributed by atoms with Crippen LogP contribution in [0.1, 0.15) is 35.4 Å². The van der Waals surface area contributed by atoms with Gasteiger partial charge in [0, 0.05) is 59.0 Å². The SMILES string of the molecule is C1=Cc2cc(N(C3=CC=C(c4ccc5c6ccccc6n(-c6ccccc6)c5c4)CC3)c3cccc4c3sc3ccccc34)c3sc4ccccc4c3c2C2C=C12. The summed E-state index contributed by atoms with van der Waals surface area (Å²) in [5, 5.41) is 8.02. The van der Waals surface area contributed by atoms with Gasteiger partial charge in [-0.1, -0.05) is 121 Å². The van der Waals surface area contributed by atoms with Crippen LogP contribution in [-0.4, -0.2) is 4.57 Å². The summed E-state index contributed by atoms with van der Waals surface area (Å²) in [5.41, 5.74) is 14.5. The highest BCUT2D eigenvalue weighted by atomic mass is 32.1. The van der Waals surface area contributed by atoms with Crippen LogP contribution >= 0.6 is 22.7 Å². The zero-order valence-electron chi connectivity index (χ0n) is 30.9. The second kappa shape index (κ2) is 12.0. The second-order valence-corrected chi connectivity index (χ2v) is 17.6. The van der Waals surface area contributed by atoms with Crippen molar-refractivity contribution in [2.75, 3.05) is 4.90 Å². The summed E-state index contributed by atoms with van der Waals surface area (Å²) in [6.07, 6.45) is 13.8. The Morgan fingerprint density at radius 2 is 1.28 bits per heavy atom. The van der Waals surface area contributed by atoms with Crippen molar-refractivity contribution in [3.8, 4) is 5.69 Å². The van der Waals surface area contributed by atoms with Gasteiger partial charge >= 0.3 is 0 Å². The van der Waals surface area contributed by atoms with E-state index >= 15 is 0 Å². The summed E-state index contributed by atoms with van der Waals surface area (Å²) in [6.45, 7) is 0. The lowest BCUT2D eigenvalue weighted by Gasteiger charge is -2.32. The molecule has 7 aromatic carbocycles. The fourth-order valence-electron chi connectivity index (χ4n) is 9.73. The van der Waals surface area contributed by atoms with Crippen LogP contribution in [0.2, 0.25) is 0 Å². The number of hydrogen-bond donors (Lipinski definition) is 0.